The average Bonchev–Trinajstić information content (AvgIpc) is 3.10. The number of likely N-dealkylation sites (tertiary alicyclic amines) is 1. The number of urea groups is 1. The van der Waals surface area contributed by atoms with Gasteiger partial charge in [-0.3, -0.25) is 4.79 Å². The minimum atomic E-state index is -3.07. The van der Waals surface area contributed by atoms with Crippen LogP contribution in [0.4, 0.5) is 10.6 Å². The lowest BCUT2D eigenvalue weighted by Crippen LogP contribution is -2.56. The molecule has 3 rings (SSSR count). The second kappa shape index (κ2) is 7.73. The second-order valence-corrected chi connectivity index (χ2v) is 10.7. The Morgan fingerprint density at radius 1 is 1.18 bits per heavy atom. The van der Waals surface area contributed by atoms with Gasteiger partial charge >= 0.3 is 6.03 Å². The van der Waals surface area contributed by atoms with Crippen molar-refractivity contribution >= 4 is 27.6 Å². The maximum absolute atomic E-state index is 12.9. The van der Waals surface area contributed by atoms with Crippen molar-refractivity contribution in [3.05, 3.63) is 11.8 Å². The first-order valence-corrected chi connectivity index (χ1v) is 11.4. The van der Waals surface area contributed by atoms with Crippen molar-refractivity contribution in [1.29, 1.82) is 0 Å². The molecular formula is C18H28N4O5S. The number of anilines is 1. The number of amides is 3. The number of hydrogen-bond donors (Lipinski definition) is 1. The van der Waals surface area contributed by atoms with Crippen LogP contribution >= 0.6 is 0 Å². The molecule has 10 heteroatoms. The Morgan fingerprint density at radius 3 is 2.46 bits per heavy atom. The van der Waals surface area contributed by atoms with Crippen molar-refractivity contribution in [2.75, 3.05) is 36.5 Å². The fourth-order valence-corrected chi connectivity index (χ4v) is 4.62. The summed E-state index contributed by atoms with van der Waals surface area (Å²) in [6.07, 6.45) is 2.23. The van der Waals surface area contributed by atoms with E-state index in [1.165, 1.54) is 4.90 Å². The van der Waals surface area contributed by atoms with Crippen LogP contribution in [0.1, 0.15) is 45.8 Å². The number of nitrogens with one attached hydrogen (secondary N) is 1. The number of piperidine rings is 1. The third kappa shape index (κ3) is 4.65. The molecule has 1 aromatic rings. The van der Waals surface area contributed by atoms with Gasteiger partial charge in [-0.1, -0.05) is 25.9 Å². The zero-order valence-corrected chi connectivity index (χ0v) is 17.4. The number of sulfone groups is 1. The molecule has 0 aromatic carbocycles. The lowest BCUT2D eigenvalue weighted by atomic mass is 9.93. The number of nitrogens with zero attached hydrogens (tertiary/aromatic N) is 3. The van der Waals surface area contributed by atoms with Gasteiger partial charge in [0.1, 0.15) is 11.8 Å². The summed E-state index contributed by atoms with van der Waals surface area (Å²) in [4.78, 5) is 28.8. The van der Waals surface area contributed by atoms with Crippen LogP contribution < -0.4 is 5.32 Å². The quantitative estimate of drug-likeness (QED) is 0.790. The predicted molar refractivity (Wildman–Crippen MR) is 104 cm³/mol. The Kier molecular flexibility index (Phi) is 5.69. The molecule has 0 radical (unpaired) electrons. The Labute approximate surface area is 165 Å². The van der Waals surface area contributed by atoms with Crippen molar-refractivity contribution in [1.82, 2.24) is 15.0 Å². The smallest absolute Gasteiger partial charge is 0.320 e. The molecule has 0 aliphatic carbocycles. The fourth-order valence-electron chi connectivity index (χ4n) is 3.42. The van der Waals surface area contributed by atoms with E-state index in [-0.39, 0.29) is 41.9 Å². The van der Waals surface area contributed by atoms with Crippen LogP contribution in [0.5, 0.6) is 0 Å². The summed E-state index contributed by atoms with van der Waals surface area (Å²) in [6, 6.07) is 0.822. The van der Waals surface area contributed by atoms with Gasteiger partial charge in [-0.2, -0.15) is 0 Å². The summed E-state index contributed by atoms with van der Waals surface area (Å²) in [5.41, 5.74) is -0.225. The molecule has 1 N–H and O–H groups in total. The van der Waals surface area contributed by atoms with E-state index in [4.69, 9.17) is 4.52 Å². The minimum Gasteiger partial charge on any atom is -0.359 e. The van der Waals surface area contributed by atoms with Crippen LogP contribution in [0, 0.1) is 0 Å². The first-order valence-electron chi connectivity index (χ1n) is 9.61. The average molecular weight is 413 g/mol. The van der Waals surface area contributed by atoms with Gasteiger partial charge in [-0.15, -0.1) is 0 Å². The maximum Gasteiger partial charge on any atom is 0.320 e. The van der Waals surface area contributed by atoms with Gasteiger partial charge in [0.15, 0.2) is 15.7 Å². The molecule has 9 nitrogen and oxygen atoms in total. The molecule has 2 aliphatic heterocycles. The summed E-state index contributed by atoms with van der Waals surface area (Å²) in [5, 5.41) is 6.66. The van der Waals surface area contributed by atoms with E-state index in [0.29, 0.717) is 24.5 Å². The Hall–Kier alpha value is -2.10. The summed E-state index contributed by atoms with van der Waals surface area (Å²) in [6.45, 7) is 6.78. The highest BCUT2D eigenvalue weighted by Crippen LogP contribution is 2.25. The molecule has 156 valence electrons. The Balaban J connectivity index is 1.68. The van der Waals surface area contributed by atoms with Crippen LogP contribution in [0.25, 0.3) is 0 Å². The highest BCUT2D eigenvalue weighted by molar-refractivity contribution is 7.91. The zero-order valence-electron chi connectivity index (χ0n) is 16.6. The van der Waals surface area contributed by atoms with Gasteiger partial charge in [-0.25, -0.2) is 13.2 Å². The van der Waals surface area contributed by atoms with E-state index in [1.807, 2.05) is 20.8 Å². The Morgan fingerprint density at radius 2 is 1.86 bits per heavy atom. The van der Waals surface area contributed by atoms with Gasteiger partial charge in [0.25, 0.3) is 0 Å². The molecule has 2 fully saturated rings. The van der Waals surface area contributed by atoms with Gasteiger partial charge in [0, 0.05) is 31.1 Å². The number of aromatic nitrogens is 1. The largest absolute Gasteiger partial charge is 0.359 e. The highest BCUT2D eigenvalue weighted by atomic mass is 32.2. The summed E-state index contributed by atoms with van der Waals surface area (Å²) >= 11 is 0. The third-order valence-electron chi connectivity index (χ3n) is 5.17. The van der Waals surface area contributed by atoms with Crippen LogP contribution in [-0.2, 0) is 20.0 Å². The molecule has 0 saturated carbocycles. The lowest BCUT2D eigenvalue weighted by molar-refractivity contribution is -0.121. The highest BCUT2D eigenvalue weighted by Gasteiger charge is 2.36. The van der Waals surface area contributed by atoms with Gasteiger partial charge in [-0.05, 0) is 19.3 Å². The van der Waals surface area contributed by atoms with Crippen LogP contribution in [0.2, 0.25) is 0 Å². The monoisotopic (exact) mass is 412 g/mol. The van der Waals surface area contributed by atoms with E-state index in [0.717, 1.165) is 12.8 Å². The van der Waals surface area contributed by atoms with Gasteiger partial charge < -0.3 is 19.6 Å². The maximum atomic E-state index is 12.9. The normalized spacial score (nSPS) is 22.8. The molecule has 0 unspecified atom stereocenters. The van der Waals surface area contributed by atoms with Crippen molar-refractivity contribution < 1.29 is 22.5 Å². The fraction of sp³-hybridized carbons (Fsp3) is 0.722. The molecule has 1 atom stereocenters. The third-order valence-corrected chi connectivity index (χ3v) is 6.78. The summed E-state index contributed by atoms with van der Waals surface area (Å²) < 4.78 is 28.5. The summed E-state index contributed by atoms with van der Waals surface area (Å²) in [5.74, 6) is 0.632. The number of hydrogen-bond acceptors (Lipinski definition) is 6. The van der Waals surface area contributed by atoms with Gasteiger partial charge in [0.05, 0.1) is 11.5 Å². The van der Waals surface area contributed by atoms with Crippen molar-refractivity contribution in [3.8, 4) is 0 Å². The first kappa shape index (κ1) is 20.6. The zero-order chi connectivity index (χ0) is 20.5. The van der Waals surface area contributed by atoms with E-state index < -0.39 is 15.9 Å². The first-order chi connectivity index (χ1) is 13.1. The lowest BCUT2D eigenvalue weighted by Gasteiger charge is -2.39. The molecular weight excluding hydrogens is 384 g/mol. The van der Waals surface area contributed by atoms with E-state index in [9.17, 15) is 18.0 Å². The number of carbonyl (C=O) groups excluding carboxylic acids is 2. The van der Waals surface area contributed by atoms with E-state index in [1.54, 1.807) is 11.0 Å². The van der Waals surface area contributed by atoms with Crippen LogP contribution in [0.3, 0.4) is 0 Å². The van der Waals surface area contributed by atoms with Gasteiger partial charge in [0.2, 0.25) is 5.91 Å². The molecule has 3 heterocycles. The molecule has 2 aliphatic rings. The van der Waals surface area contributed by atoms with E-state index >= 15 is 0 Å². The standard InChI is InChI=1S/C18H28N4O5S/c1-18(2,3)14-12-15(20-27-14)19-16(23)13-6-4-5-7-22(13)17(24)21-8-10-28(25,26)11-9-21/h12-13H,4-11H2,1-3H3,(H,19,20,23)/t13-/m0/s1. The Bertz CT molecular complexity index is 828. The molecule has 28 heavy (non-hydrogen) atoms. The van der Waals surface area contributed by atoms with Crippen molar-refractivity contribution in [2.45, 2.75) is 51.5 Å². The molecule has 3 amide bonds. The molecule has 0 spiro atoms. The summed E-state index contributed by atoms with van der Waals surface area (Å²) in [7, 11) is -3.07. The number of carbonyl (C=O) groups is 2. The van der Waals surface area contributed by atoms with Crippen molar-refractivity contribution in [3.63, 3.8) is 0 Å². The van der Waals surface area contributed by atoms with Crippen LogP contribution in [-0.4, -0.2) is 72.5 Å². The van der Waals surface area contributed by atoms with Crippen LogP contribution in [0.15, 0.2) is 10.6 Å². The molecule has 2 saturated heterocycles. The SMILES string of the molecule is CC(C)(C)c1cc(NC(=O)[C@@H]2CCCCN2C(=O)N2CCS(=O)(=O)CC2)no1. The molecule has 0 bridgehead atoms. The molecule has 1 aromatic heterocycles. The topological polar surface area (TPSA) is 113 Å². The van der Waals surface area contributed by atoms with Crippen molar-refractivity contribution in [2.24, 2.45) is 0 Å². The number of rotatable bonds is 2. The second-order valence-electron chi connectivity index (χ2n) is 8.44. The predicted octanol–water partition coefficient (Wildman–Crippen LogP) is 1.62. The van der Waals surface area contributed by atoms with E-state index in [2.05, 4.69) is 10.5 Å². The minimum absolute atomic E-state index is 0.0298.